The predicted octanol–water partition coefficient (Wildman–Crippen LogP) is 3.32. The van der Waals surface area contributed by atoms with E-state index in [0.29, 0.717) is 0 Å². The minimum atomic E-state index is -4.55. The number of alkyl halides is 2. The number of carbonyl (C=O) groups is 1. The van der Waals surface area contributed by atoms with E-state index in [1.165, 1.54) is 19.1 Å². The van der Waals surface area contributed by atoms with Gasteiger partial charge in [0, 0.05) is 12.3 Å². The van der Waals surface area contributed by atoms with Gasteiger partial charge in [0.05, 0.1) is 6.10 Å². The van der Waals surface area contributed by atoms with E-state index < -0.39 is 61.9 Å². The van der Waals surface area contributed by atoms with E-state index in [4.69, 9.17) is 30.7 Å². The molecule has 1 saturated heterocycles. The molecular weight excluding hydrogens is 535 g/mol. The predicted molar refractivity (Wildman–Crippen MR) is 130 cm³/mol. The maximum Gasteiger partial charge on any atom is 0.459 e. The summed E-state index contributed by atoms with van der Waals surface area (Å²) in [5.41, 5.74) is -3.34. The van der Waals surface area contributed by atoms with E-state index in [9.17, 15) is 19.3 Å². The molecule has 2 aromatic rings. The summed E-state index contributed by atoms with van der Waals surface area (Å²) >= 11 is 5.00. The first-order valence-corrected chi connectivity index (χ1v) is 13.1. The molecule has 1 aromatic carbocycles. The molecule has 2 unspecified atom stereocenters. The number of carbonyl (C=O) groups excluding carboxylic acids is 1. The Morgan fingerprint density at radius 3 is 2.54 bits per heavy atom. The van der Waals surface area contributed by atoms with Crippen LogP contribution in [0.25, 0.3) is 0 Å². The molecule has 0 amide bonds. The third-order valence-electron chi connectivity index (χ3n) is 5.29. The average Bonchev–Trinajstić information content (AvgIpc) is 2.98. The molecular formula is C22H28F2N3O8PS. The number of hydrogen-bond acceptors (Lipinski definition) is 9. The van der Waals surface area contributed by atoms with Crippen LogP contribution in [0.2, 0.25) is 0 Å². The number of aromatic nitrogens is 2. The third-order valence-corrected chi connectivity index (χ3v) is 7.23. The Kier molecular flexibility index (Phi) is 8.72. The minimum absolute atomic E-state index is 0.0521. The zero-order valence-corrected chi connectivity index (χ0v) is 22.1. The minimum Gasteiger partial charge on any atom is -0.462 e. The lowest BCUT2D eigenvalue weighted by Crippen LogP contribution is -2.47. The molecule has 1 aliphatic rings. The van der Waals surface area contributed by atoms with E-state index in [2.05, 4.69) is 10.1 Å². The molecule has 0 aliphatic carbocycles. The van der Waals surface area contributed by atoms with Gasteiger partial charge in [0.2, 0.25) is 0 Å². The number of nitrogens with zero attached hydrogens (tertiary/aromatic N) is 1. The standard InChI is InChI=1S/C22H28F2N3O8PS/c1-13(2)33-17(29)14(3)26-36(31,35-15-8-6-5-7-9-15)32-12-22(24)18(30)21(4,23)19(34-22)27-11-10-16(28)25-20(27)37/h5-11,13-14,18-19,30H,12H2,1-4H3,(H,26,31)(H,25,28,37)/t14-,18+,19+,21?,22+,36?/m0/s1. The van der Waals surface area contributed by atoms with Gasteiger partial charge in [-0.2, -0.15) is 5.09 Å². The summed E-state index contributed by atoms with van der Waals surface area (Å²) in [6, 6.07) is 7.48. The van der Waals surface area contributed by atoms with Crippen LogP contribution < -0.4 is 15.2 Å². The van der Waals surface area contributed by atoms with Crippen molar-refractivity contribution in [2.45, 2.75) is 63.7 Å². The van der Waals surface area contributed by atoms with Crippen LogP contribution in [0.5, 0.6) is 5.75 Å². The lowest BCUT2D eigenvalue weighted by molar-refractivity contribution is -0.203. The molecule has 204 valence electrons. The molecule has 0 spiro atoms. The lowest BCUT2D eigenvalue weighted by Gasteiger charge is -2.28. The number of aliphatic hydroxyl groups excluding tert-OH is 1. The highest BCUT2D eigenvalue weighted by Gasteiger charge is 2.65. The van der Waals surface area contributed by atoms with E-state index in [1.807, 2.05) is 0 Å². The smallest absolute Gasteiger partial charge is 0.459 e. The van der Waals surface area contributed by atoms with Crippen LogP contribution >= 0.6 is 20.0 Å². The molecule has 0 bridgehead atoms. The summed E-state index contributed by atoms with van der Waals surface area (Å²) < 4.78 is 66.5. The average molecular weight is 564 g/mol. The van der Waals surface area contributed by atoms with Gasteiger partial charge in [-0.3, -0.25) is 23.7 Å². The van der Waals surface area contributed by atoms with Gasteiger partial charge < -0.3 is 19.1 Å². The van der Waals surface area contributed by atoms with Crippen LogP contribution in [0.15, 0.2) is 47.4 Å². The van der Waals surface area contributed by atoms with E-state index in [-0.39, 0.29) is 10.5 Å². The first-order valence-electron chi connectivity index (χ1n) is 11.2. The molecule has 3 rings (SSSR count). The van der Waals surface area contributed by atoms with Gasteiger partial charge in [0.1, 0.15) is 18.4 Å². The molecule has 11 nitrogen and oxygen atoms in total. The molecule has 1 aliphatic heterocycles. The molecule has 1 aromatic heterocycles. The lowest BCUT2D eigenvalue weighted by atomic mass is 9.97. The Balaban J connectivity index is 1.86. The van der Waals surface area contributed by atoms with Crippen molar-refractivity contribution in [2.75, 3.05) is 6.61 Å². The monoisotopic (exact) mass is 563 g/mol. The number of halogens is 2. The van der Waals surface area contributed by atoms with E-state index in [0.717, 1.165) is 23.8 Å². The number of benzene rings is 1. The second-order valence-corrected chi connectivity index (χ2v) is 10.9. The molecule has 0 radical (unpaired) electrons. The third kappa shape index (κ3) is 6.70. The quantitative estimate of drug-likeness (QED) is 0.224. The number of aromatic amines is 1. The summed E-state index contributed by atoms with van der Waals surface area (Å²) in [5, 5.41) is 12.9. The Bertz CT molecular complexity index is 1270. The summed E-state index contributed by atoms with van der Waals surface area (Å²) in [7, 11) is -4.55. The van der Waals surface area contributed by atoms with Gasteiger partial charge in [-0.25, -0.2) is 13.3 Å². The number of H-pyrrole nitrogens is 1. The normalized spacial score (nSPS) is 28.0. The molecule has 0 saturated carbocycles. The van der Waals surface area contributed by atoms with Gasteiger partial charge in [-0.15, -0.1) is 0 Å². The van der Waals surface area contributed by atoms with Crippen LogP contribution in [0.1, 0.15) is 33.9 Å². The molecule has 6 atom stereocenters. The summed E-state index contributed by atoms with van der Waals surface area (Å²) in [4.78, 5) is 26.0. The van der Waals surface area contributed by atoms with Gasteiger partial charge in [0.15, 0.2) is 22.8 Å². The van der Waals surface area contributed by atoms with E-state index >= 15 is 8.78 Å². The molecule has 15 heteroatoms. The number of rotatable bonds is 10. The van der Waals surface area contributed by atoms with Crippen molar-refractivity contribution in [3.63, 3.8) is 0 Å². The van der Waals surface area contributed by atoms with Crippen LogP contribution in [0.4, 0.5) is 8.78 Å². The largest absolute Gasteiger partial charge is 0.462 e. The SMILES string of the molecule is CC(C)OC(=O)[C@H](C)NP(=O)(OC[C@@]1(F)O[C@@H](n2ccc(=O)[nH]c2=S)C(C)(F)[C@H]1O)Oc1ccccc1. The van der Waals surface area contributed by atoms with Gasteiger partial charge in [-0.05, 0) is 52.0 Å². The highest BCUT2D eigenvalue weighted by Crippen LogP contribution is 2.51. The second kappa shape index (κ2) is 11.1. The highest BCUT2D eigenvalue weighted by atomic mass is 32.1. The van der Waals surface area contributed by atoms with Gasteiger partial charge in [-0.1, -0.05) is 18.2 Å². The maximum atomic E-state index is 15.8. The number of esters is 1. The maximum absolute atomic E-state index is 15.8. The van der Waals surface area contributed by atoms with Crippen molar-refractivity contribution in [3.05, 3.63) is 57.7 Å². The highest BCUT2D eigenvalue weighted by molar-refractivity contribution is 7.71. The Hall–Kier alpha value is -2.48. The fraction of sp³-hybridized carbons (Fsp3) is 0.500. The molecule has 3 N–H and O–H groups in total. The fourth-order valence-electron chi connectivity index (χ4n) is 3.48. The van der Waals surface area contributed by atoms with Crippen LogP contribution in [0, 0.1) is 4.77 Å². The van der Waals surface area contributed by atoms with Crippen molar-refractivity contribution < 1.29 is 41.8 Å². The van der Waals surface area contributed by atoms with Crippen LogP contribution in [0.3, 0.4) is 0 Å². The van der Waals surface area contributed by atoms with Gasteiger partial charge >= 0.3 is 13.7 Å². The van der Waals surface area contributed by atoms with Crippen LogP contribution in [-0.4, -0.2) is 57.0 Å². The Labute approximate surface area is 216 Å². The summed E-state index contributed by atoms with van der Waals surface area (Å²) in [6.07, 6.45) is -3.65. The van der Waals surface area contributed by atoms with Crippen LogP contribution in [-0.2, 0) is 23.4 Å². The summed E-state index contributed by atoms with van der Waals surface area (Å²) in [5.74, 6) is -3.97. The first kappa shape index (κ1) is 29.1. The van der Waals surface area contributed by atoms with Crippen molar-refractivity contribution in [1.82, 2.24) is 14.6 Å². The fourth-order valence-corrected chi connectivity index (χ4v) is 5.24. The van der Waals surface area contributed by atoms with Crippen molar-refractivity contribution >= 4 is 25.9 Å². The second-order valence-electron chi connectivity index (χ2n) is 8.84. The molecule has 37 heavy (non-hydrogen) atoms. The summed E-state index contributed by atoms with van der Waals surface area (Å²) in [6.45, 7) is 4.16. The van der Waals surface area contributed by atoms with Crippen molar-refractivity contribution in [2.24, 2.45) is 0 Å². The van der Waals surface area contributed by atoms with Gasteiger partial charge in [0.25, 0.3) is 11.4 Å². The number of aliphatic hydroxyl groups is 1. The number of para-hydroxylation sites is 1. The zero-order valence-electron chi connectivity index (χ0n) is 20.4. The van der Waals surface area contributed by atoms with E-state index in [1.54, 1.807) is 32.0 Å². The Morgan fingerprint density at radius 1 is 1.30 bits per heavy atom. The molecule has 2 heterocycles. The zero-order chi connectivity index (χ0) is 27.6. The number of nitrogens with one attached hydrogen (secondary N) is 2. The van der Waals surface area contributed by atoms with Crippen molar-refractivity contribution in [3.8, 4) is 5.75 Å². The first-order chi connectivity index (χ1) is 17.2. The Morgan fingerprint density at radius 2 is 1.95 bits per heavy atom. The number of ether oxygens (including phenoxy) is 2. The number of hydrogen-bond donors (Lipinski definition) is 3. The molecule has 1 fully saturated rings. The van der Waals surface area contributed by atoms with Crippen molar-refractivity contribution in [1.29, 1.82) is 0 Å². The topological polar surface area (TPSA) is 141 Å².